The van der Waals surface area contributed by atoms with Gasteiger partial charge in [-0.3, -0.25) is 19.4 Å². The molecule has 2 aromatic heterocycles. The lowest BCUT2D eigenvalue weighted by Gasteiger charge is -2.30. The molecule has 0 bridgehead atoms. The molecule has 8 nitrogen and oxygen atoms in total. The number of aromatic nitrogens is 2. The Morgan fingerprint density at radius 2 is 1.94 bits per heavy atom. The van der Waals surface area contributed by atoms with Gasteiger partial charge in [-0.15, -0.1) is 0 Å². The molecule has 3 aromatic rings. The Morgan fingerprint density at radius 1 is 1.12 bits per heavy atom. The lowest BCUT2D eigenvalue weighted by molar-refractivity contribution is -0.130. The molecule has 3 heterocycles. The van der Waals surface area contributed by atoms with Crippen LogP contribution in [0, 0.1) is 0 Å². The minimum absolute atomic E-state index is 0.0539. The highest BCUT2D eigenvalue weighted by molar-refractivity contribution is 5.95. The van der Waals surface area contributed by atoms with Crippen LogP contribution in [-0.2, 0) is 24.3 Å². The van der Waals surface area contributed by atoms with Crippen LogP contribution in [-0.4, -0.2) is 46.4 Å². The number of hydrogen-bond acceptors (Lipinski definition) is 5. The van der Waals surface area contributed by atoms with E-state index in [-0.39, 0.29) is 23.6 Å². The zero-order valence-corrected chi connectivity index (χ0v) is 17.9. The minimum Gasteiger partial charge on any atom is -0.375 e. The Balaban J connectivity index is 1.59. The van der Waals surface area contributed by atoms with Crippen molar-refractivity contribution in [3.8, 4) is 0 Å². The van der Waals surface area contributed by atoms with Crippen LogP contribution in [0.2, 0.25) is 0 Å². The third-order valence-electron chi connectivity index (χ3n) is 5.58. The van der Waals surface area contributed by atoms with Crippen molar-refractivity contribution in [3.63, 3.8) is 0 Å². The fourth-order valence-corrected chi connectivity index (χ4v) is 3.94. The molecule has 2 N–H and O–H groups in total. The van der Waals surface area contributed by atoms with E-state index in [1.165, 1.54) is 7.05 Å². The molecule has 0 saturated carbocycles. The van der Waals surface area contributed by atoms with Crippen molar-refractivity contribution in [2.24, 2.45) is 0 Å². The Bertz CT molecular complexity index is 1180. The smallest absolute Gasteiger partial charge is 0.264 e. The van der Waals surface area contributed by atoms with E-state index in [1.807, 2.05) is 36.4 Å². The van der Waals surface area contributed by atoms with E-state index in [4.69, 9.17) is 0 Å². The van der Waals surface area contributed by atoms with E-state index in [9.17, 15) is 14.4 Å². The first kappa shape index (κ1) is 21.3. The van der Waals surface area contributed by atoms with Crippen molar-refractivity contribution in [3.05, 3.63) is 93.7 Å². The number of nitrogens with one attached hydrogen (secondary N) is 2. The molecule has 0 radical (unpaired) electrons. The van der Waals surface area contributed by atoms with E-state index in [0.717, 1.165) is 22.4 Å². The van der Waals surface area contributed by atoms with E-state index in [1.54, 1.807) is 34.1 Å². The molecule has 0 unspecified atom stereocenters. The van der Waals surface area contributed by atoms with Gasteiger partial charge in [0.05, 0.1) is 18.8 Å². The molecule has 1 aliphatic rings. The lowest BCUT2D eigenvalue weighted by atomic mass is 9.95. The van der Waals surface area contributed by atoms with Crippen LogP contribution in [0.3, 0.4) is 0 Å². The maximum Gasteiger partial charge on any atom is 0.264 e. The summed E-state index contributed by atoms with van der Waals surface area (Å²) >= 11 is 0. The number of fused-ring (bicyclic) bond motifs is 1. The Labute approximate surface area is 185 Å². The molecule has 1 aliphatic heterocycles. The second-order valence-electron chi connectivity index (χ2n) is 7.67. The standard InChI is InChI=1S/C24H25N5O3/c1-25-23(31)22-20-9-11-28(21(30)13-27-19-8-5-10-26-12-19)15-18(20)16-29(24(22)32)14-17-6-3-2-4-7-17/h2-8,10,12,16,27H,9,11,13-15H2,1H3,(H,25,31). The highest BCUT2D eigenvalue weighted by Gasteiger charge is 2.27. The van der Waals surface area contributed by atoms with Gasteiger partial charge in [0.25, 0.3) is 11.5 Å². The monoisotopic (exact) mass is 431 g/mol. The van der Waals surface area contributed by atoms with E-state index in [0.29, 0.717) is 26.1 Å². The number of benzene rings is 1. The van der Waals surface area contributed by atoms with Crippen molar-refractivity contribution < 1.29 is 9.59 Å². The van der Waals surface area contributed by atoms with Crippen molar-refractivity contribution in [2.45, 2.75) is 19.5 Å². The van der Waals surface area contributed by atoms with Gasteiger partial charge >= 0.3 is 0 Å². The van der Waals surface area contributed by atoms with E-state index < -0.39 is 5.91 Å². The summed E-state index contributed by atoms with van der Waals surface area (Å²) in [5, 5.41) is 5.67. The van der Waals surface area contributed by atoms with E-state index >= 15 is 0 Å². The van der Waals surface area contributed by atoms with Crippen LogP contribution < -0.4 is 16.2 Å². The summed E-state index contributed by atoms with van der Waals surface area (Å²) in [6.45, 7) is 1.30. The summed E-state index contributed by atoms with van der Waals surface area (Å²) in [7, 11) is 1.52. The summed E-state index contributed by atoms with van der Waals surface area (Å²) in [5.74, 6) is -0.450. The third kappa shape index (κ3) is 4.54. The fraction of sp³-hybridized carbons (Fsp3) is 0.250. The molecule has 32 heavy (non-hydrogen) atoms. The van der Waals surface area contributed by atoms with Gasteiger partial charge in [-0.1, -0.05) is 30.3 Å². The molecule has 2 amide bonds. The normalized spacial score (nSPS) is 12.7. The van der Waals surface area contributed by atoms with Crippen LogP contribution in [0.25, 0.3) is 0 Å². The maximum atomic E-state index is 13.1. The molecule has 0 spiro atoms. The molecule has 4 rings (SSSR count). The first-order valence-corrected chi connectivity index (χ1v) is 10.5. The van der Waals surface area contributed by atoms with Crippen LogP contribution in [0.5, 0.6) is 0 Å². The van der Waals surface area contributed by atoms with Gasteiger partial charge in [0.15, 0.2) is 0 Å². The van der Waals surface area contributed by atoms with Crippen LogP contribution >= 0.6 is 0 Å². The van der Waals surface area contributed by atoms with Crippen molar-refractivity contribution in [1.82, 2.24) is 19.8 Å². The molecular weight excluding hydrogens is 406 g/mol. The van der Waals surface area contributed by atoms with Gasteiger partial charge in [0.2, 0.25) is 5.91 Å². The summed E-state index contributed by atoms with van der Waals surface area (Å²) in [6, 6.07) is 13.3. The van der Waals surface area contributed by atoms with Crippen molar-refractivity contribution in [1.29, 1.82) is 0 Å². The number of anilines is 1. The van der Waals surface area contributed by atoms with Gasteiger partial charge in [0.1, 0.15) is 5.56 Å². The summed E-state index contributed by atoms with van der Waals surface area (Å²) in [5.41, 5.74) is 3.13. The van der Waals surface area contributed by atoms with Crippen molar-refractivity contribution >= 4 is 17.5 Å². The highest BCUT2D eigenvalue weighted by Crippen LogP contribution is 2.21. The average Bonchev–Trinajstić information content (AvgIpc) is 2.83. The zero-order chi connectivity index (χ0) is 22.5. The van der Waals surface area contributed by atoms with Crippen molar-refractivity contribution in [2.75, 3.05) is 25.5 Å². The van der Waals surface area contributed by atoms with Gasteiger partial charge in [-0.05, 0) is 35.2 Å². The third-order valence-corrected chi connectivity index (χ3v) is 5.58. The molecule has 0 aliphatic carbocycles. The molecule has 164 valence electrons. The molecule has 1 aromatic carbocycles. The lowest BCUT2D eigenvalue weighted by Crippen LogP contribution is -2.42. The van der Waals surface area contributed by atoms with Crippen LogP contribution in [0.15, 0.2) is 65.8 Å². The number of amides is 2. The molecule has 0 fully saturated rings. The predicted molar refractivity (Wildman–Crippen MR) is 121 cm³/mol. The minimum atomic E-state index is -0.397. The predicted octanol–water partition coefficient (Wildman–Crippen LogP) is 1.65. The summed E-state index contributed by atoms with van der Waals surface area (Å²) in [6.07, 6.45) is 5.58. The quantitative estimate of drug-likeness (QED) is 0.619. The van der Waals surface area contributed by atoms with E-state index in [2.05, 4.69) is 15.6 Å². The Morgan fingerprint density at radius 3 is 2.66 bits per heavy atom. The van der Waals surface area contributed by atoms with Gasteiger partial charge in [0, 0.05) is 38.7 Å². The first-order valence-electron chi connectivity index (χ1n) is 10.5. The number of nitrogens with zero attached hydrogens (tertiary/aromatic N) is 3. The topological polar surface area (TPSA) is 96.3 Å². The summed E-state index contributed by atoms with van der Waals surface area (Å²) < 4.78 is 1.56. The highest BCUT2D eigenvalue weighted by atomic mass is 16.2. The largest absolute Gasteiger partial charge is 0.375 e. The number of hydrogen-bond donors (Lipinski definition) is 2. The number of pyridine rings is 2. The fourth-order valence-electron chi connectivity index (χ4n) is 3.94. The molecule has 0 atom stereocenters. The maximum absolute atomic E-state index is 13.1. The van der Waals surface area contributed by atoms with Gasteiger partial charge < -0.3 is 20.1 Å². The molecular formula is C24H25N5O3. The molecule has 0 saturated heterocycles. The van der Waals surface area contributed by atoms with Gasteiger partial charge in [-0.2, -0.15) is 0 Å². The SMILES string of the molecule is CNC(=O)c1c2c(cn(Cc3ccccc3)c1=O)CN(C(=O)CNc1cccnc1)CC2. The zero-order valence-electron chi connectivity index (χ0n) is 17.9. The number of carbonyl (C=O) groups is 2. The Hall–Kier alpha value is -3.94. The second kappa shape index (κ2) is 9.47. The van der Waals surface area contributed by atoms with Gasteiger partial charge in [-0.25, -0.2) is 0 Å². The number of rotatable bonds is 6. The summed E-state index contributed by atoms with van der Waals surface area (Å²) in [4.78, 5) is 44.3. The second-order valence-corrected chi connectivity index (χ2v) is 7.67. The Kier molecular flexibility index (Phi) is 6.30. The number of carbonyl (C=O) groups excluding carboxylic acids is 2. The molecule has 8 heteroatoms. The average molecular weight is 431 g/mol. The van der Waals surface area contributed by atoms with Crippen LogP contribution in [0.1, 0.15) is 27.0 Å². The first-order chi connectivity index (χ1) is 15.6. The van der Waals surface area contributed by atoms with Crippen LogP contribution in [0.4, 0.5) is 5.69 Å².